The monoisotopic (exact) mass is 238 g/mol. The number of carbonyl (C=O) groups is 1. The van der Waals surface area contributed by atoms with Gasteiger partial charge in [0.1, 0.15) is 0 Å². The van der Waals surface area contributed by atoms with Gasteiger partial charge in [0.25, 0.3) is 0 Å². The summed E-state index contributed by atoms with van der Waals surface area (Å²) in [5.74, 6) is 0.941. The largest absolute Gasteiger partial charge is 0.435 e. The molecule has 3 atom stereocenters. The van der Waals surface area contributed by atoms with Crippen LogP contribution in [-0.4, -0.2) is 18.9 Å². The van der Waals surface area contributed by atoms with Crippen molar-refractivity contribution in [3.63, 3.8) is 0 Å². The molecule has 0 N–H and O–H groups in total. The highest BCUT2D eigenvalue weighted by Gasteiger charge is 2.48. The van der Waals surface area contributed by atoms with Crippen LogP contribution < -0.4 is 0 Å². The second-order valence-electron chi connectivity index (χ2n) is 5.72. The summed E-state index contributed by atoms with van der Waals surface area (Å²) in [5, 5.41) is 0. The lowest BCUT2D eigenvalue weighted by Crippen LogP contribution is -2.31. The second-order valence-corrected chi connectivity index (χ2v) is 5.72. The van der Waals surface area contributed by atoms with Gasteiger partial charge in [-0.1, -0.05) is 26.0 Å². The molecule has 3 unspecified atom stereocenters. The summed E-state index contributed by atoms with van der Waals surface area (Å²) in [6.07, 6.45) is 6.75. The van der Waals surface area contributed by atoms with Gasteiger partial charge in [-0.3, -0.25) is 4.79 Å². The number of allylic oxidation sites excluding steroid dienone is 1. The minimum Gasteiger partial charge on any atom is -0.435 e. The second kappa shape index (κ2) is 4.81. The molecule has 0 aromatic heterocycles. The van der Waals surface area contributed by atoms with E-state index >= 15 is 0 Å². The topological polar surface area (TPSA) is 35.5 Å². The van der Waals surface area contributed by atoms with E-state index in [-0.39, 0.29) is 11.4 Å². The highest BCUT2D eigenvalue weighted by molar-refractivity contribution is 5.80. The Kier molecular flexibility index (Phi) is 3.57. The Bertz CT molecular complexity index is 321. The number of carbonyl (C=O) groups excluding carboxylic acids is 1. The zero-order valence-electron chi connectivity index (χ0n) is 10.9. The van der Waals surface area contributed by atoms with E-state index in [2.05, 4.69) is 19.9 Å². The van der Waals surface area contributed by atoms with Crippen molar-refractivity contribution in [1.82, 2.24) is 0 Å². The molecule has 0 amide bonds. The fraction of sp³-hybridized carbons (Fsp3) is 0.786. The first kappa shape index (κ1) is 12.6. The van der Waals surface area contributed by atoms with Gasteiger partial charge in [0.2, 0.25) is 0 Å². The zero-order valence-corrected chi connectivity index (χ0v) is 10.9. The van der Waals surface area contributed by atoms with E-state index < -0.39 is 6.29 Å². The van der Waals surface area contributed by atoms with Crippen molar-refractivity contribution >= 4 is 5.97 Å². The van der Waals surface area contributed by atoms with Crippen LogP contribution in [0.25, 0.3) is 0 Å². The molecule has 3 heteroatoms. The molecule has 2 rings (SSSR count). The number of fused-ring (bicyclic) bond motifs is 2. The molecule has 0 spiro atoms. The van der Waals surface area contributed by atoms with Gasteiger partial charge in [-0.2, -0.15) is 0 Å². The van der Waals surface area contributed by atoms with Crippen LogP contribution >= 0.6 is 0 Å². The van der Waals surface area contributed by atoms with E-state index in [1.807, 2.05) is 6.08 Å². The van der Waals surface area contributed by atoms with Gasteiger partial charge in [0.05, 0.1) is 12.0 Å². The smallest absolute Gasteiger partial charge is 0.318 e. The maximum absolute atomic E-state index is 12.1. The van der Waals surface area contributed by atoms with E-state index in [4.69, 9.17) is 9.47 Å². The molecule has 96 valence electrons. The predicted molar refractivity (Wildman–Crippen MR) is 65.3 cm³/mol. The maximum Gasteiger partial charge on any atom is 0.318 e. The lowest BCUT2D eigenvalue weighted by atomic mass is 9.88. The Hall–Kier alpha value is -0.830. The molecule has 17 heavy (non-hydrogen) atoms. The van der Waals surface area contributed by atoms with Gasteiger partial charge < -0.3 is 9.47 Å². The van der Waals surface area contributed by atoms with Crippen molar-refractivity contribution in [3.05, 3.63) is 12.2 Å². The van der Waals surface area contributed by atoms with Crippen LogP contribution in [0.15, 0.2) is 12.2 Å². The van der Waals surface area contributed by atoms with Crippen LogP contribution in [0.2, 0.25) is 0 Å². The van der Waals surface area contributed by atoms with Crippen LogP contribution in [-0.2, 0) is 14.3 Å². The lowest BCUT2D eigenvalue weighted by molar-refractivity contribution is -0.185. The molecule has 2 aliphatic rings. The molecular weight excluding hydrogens is 216 g/mol. The number of esters is 1. The van der Waals surface area contributed by atoms with Crippen molar-refractivity contribution in [2.45, 2.75) is 46.3 Å². The van der Waals surface area contributed by atoms with Crippen molar-refractivity contribution < 1.29 is 14.3 Å². The van der Waals surface area contributed by atoms with E-state index in [0.717, 1.165) is 19.3 Å². The number of rotatable bonds is 5. The third-order valence-corrected chi connectivity index (χ3v) is 3.62. The summed E-state index contributed by atoms with van der Waals surface area (Å²) >= 11 is 0. The maximum atomic E-state index is 12.1. The summed E-state index contributed by atoms with van der Waals surface area (Å²) in [7, 11) is 0. The highest BCUT2D eigenvalue weighted by Crippen LogP contribution is 2.49. The molecule has 0 aromatic carbocycles. The molecular formula is C14H22O3. The summed E-state index contributed by atoms with van der Waals surface area (Å²) in [4.78, 5) is 12.1. The molecule has 0 heterocycles. The molecule has 2 aliphatic carbocycles. The number of hydrogen-bond donors (Lipinski definition) is 0. The van der Waals surface area contributed by atoms with E-state index in [0.29, 0.717) is 18.4 Å². The van der Waals surface area contributed by atoms with Crippen molar-refractivity contribution in [3.8, 4) is 0 Å². The summed E-state index contributed by atoms with van der Waals surface area (Å²) in [6.45, 7) is 6.57. The fourth-order valence-electron chi connectivity index (χ4n) is 2.63. The summed E-state index contributed by atoms with van der Waals surface area (Å²) in [5.41, 5.74) is -0.333. The first-order valence-corrected chi connectivity index (χ1v) is 6.54. The molecule has 2 bridgehead atoms. The Morgan fingerprint density at radius 2 is 2.24 bits per heavy atom. The van der Waals surface area contributed by atoms with Gasteiger partial charge >= 0.3 is 5.97 Å². The van der Waals surface area contributed by atoms with Crippen LogP contribution in [0.3, 0.4) is 0 Å². The molecule has 0 aromatic rings. The number of ether oxygens (including phenoxy) is 2. The molecule has 0 aliphatic heterocycles. The van der Waals surface area contributed by atoms with Crippen molar-refractivity contribution in [2.24, 2.45) is 17.3 Å². The van der Waals surface area contributed by atoms with Gasteiger partial charge in [-0.15, -0.1) is 0 Å². The predicted octanol–water partition coefficient (Wildman–Crippen LogP) is 2.90. The Labute approximate surface area is 103 Å². The van der Waals surface area contributed by atoms with Crippen LogP contribution in [0, 0.1) is 17.3 Å². The molecule has 0 radical (unpaired) electrons. The quantitative estimate of drug-likeness (QED) is 0.420. The highest BCUT2D eigenvalue weighted by atomic mass is 16.7. The fourth-order valence-corrected chi connectivity index (χ4v) is 2.63. The van der Waals surface area contributed by atoms with Crippen molar-refractivity contribution in [1.29, 1.82) is 0 Å². The number of hydrogen-bond acceptors (Lipinski definition) is 3. The lowest BCUT2D eigenvalue weighted by Gasteiger charge is -2.24. The molecule has 1 fully saturated rings. The van der Waals surface area contributed by atoms with E-state index in [1.54, 1.807) is 6.92 Å². The Morgan fingerprint density at radius 1 is 1.47 bits per heavy atom. The van der Waals surface area contributed by atoms with Crippen LogP contribution in [0.5, 0.6) is 0 Å². The molecule has 0 saturated heterocycles. The van der Waals surface area contributed by atoms with Gasteiger partial charge in [0, 0.05) is 0 Å². The van der Waals surface area contributed by atoms with Crippen LogP contribution in [0.4, 0.5) is 0 Å². The van der Waals surface area contributed by atoms with Gasteiger partial charge in [-0.05, 0) is 38.0 Å². The minimum absolute atomic E-state index is 0.106. The normalized spacial score (nSPS) is 32.1. The van der Waals surface area contributed by atoms with Crippen LogP contribution in [0.1, 0.15) is 40.0 Å². The minimum atomic E-state index is -0.438. The SMILES string of the molecule is CC(C)COC(C)OC(=O)C12C=CC(CC1)C2. The molecule has 3 nitrogen and oxygen atoms in total. The standard InChI is InChI=1S/C14H22O3/c1-10(2)9-16-11(3)17-13(15)14-6-4-12(8-14)5-7-14/h4,6,10-12H,5,7-9H2,1-3H3. The third-order valence-electron chi connectivity index (χ3n) is 3.62. The molecule has 1 saturated carbocycles. The first-order chi connectivity index (χ1) is 8.02. The van der Waals surface area contributed by atoms with E-state index in [1.165, 1.54) is 0 Å². The summed E-state index contributed by atoms with van der Waals surface area (Å²) < 4.78 is 10.9. The third kappa shape index (κ3) is 2.71. The average Bonchev–Trinajstić information content (AvgIpc) is 2.87. The average molecular weight is 238 g/mol. The Balaban J connectivity index is 1.83. The summed E-state index contributed by atoms with van der Waals surface area (Å²) in [6, 6.07) is 0. The van der Waals surface area contributed by atoms with Gasteiger partial charge in [-0.25, -0.2) is 0 Å². The first-order valence-electron chi connectivity index (χ1n) is 6.54. The van der Waals surface area contributed by atoms with Gasteiger partial charge in [0.15, 0.2) is 6.29 Å². The zero-order chi connectivity index (χ0) is 12.5. The van der Waals surface area contributed by atoms with E-state index in [9.17, 15) is 4.79 Å². The Morgan fingerprint density at radius 3 is 2.71 bits per heavy atom. The van der Waals surface area contributed by atoms with Crippen molar-refractivity contribution in [2.75, 3.05) is 6.61 Å².